The van der Waals surface area contributed by atoms with Gasteiger partial charge in [-0.3, -0.25) is 0 Å². The molecule has 8 heteroatoms. The summed E-state index contributed by atoms with van der Waals surface area (Å²) in [4.78, 5) is 19.8. The normalized spacial score (nSPS) is 16.1. The van der Waals surface area contributed by atoms with Crippen molar-refractivity contribution in [2.45, 2.75) is 0 Å². The second-order valence-corrected chi connectivity index (χ2v) is 4.69. The predicted molar refractivity (Wildman–Crippen MR) is 67.0 cm³/mol. The molecule has 0 aromatic carbocycles. The zero-order valence-electron chi connectivity index (χ0n) is 11.6. The molecule has 0 amide bonds. The first-order chi connectivity index (χ1) is 9.15. The van der Waals surface area contributed by atoms with E-state index < -0.39 is 5.97 Å². The first-order valence-corrected chi connectivity index (χ1v) is 6.14. The van der Waals surface area contributed by atoms with E-state index in [0.717, 1.165) is 32.0 Å². The van der Waals surface area contributed by atoms with E-state index in [1.54, 1.807) is 6.20 Å². The van der Waals surface area contributed by atoms with Gasteiger partial charge in [0.25, 0.3) is 0 Å². The van der Waals surface area contributed by atoms with E-state index in [0.29, 0.717) is 5.65 Å². The Morgan fingerprint density at radius 2 is 2.00 bits per heavy atom. The monoisotopic (exact) mass is 267 g/mol. The molecule has 0 spiro atoms. The quantitative estimate of drug-likeness (QED) is 0.514. The molecule has 0 saturated carbocycles. The van der Waals surface area contributed by atoms with Crippen molar-refractivity contribution in [3.8, 4) is 0 Å². The van der Waals surface area contributed by atoms with Crippen LogP contribution in [0.3, 0.4) is 0 Å². The van der Waals surface area contributed by atoms with Gasteiger partial charge >= 0.3 is 18.9 Å². The van der Waals surface area contributed by atoms with E-state index in [4.69, 9.17) is 0 Å². The van der Waals surface area contributed by atoms with Crippen LogP contribution in [-0.4, -0.2) is 58.7 Å². The fraction of sp³-hybridized carbons (Fsp3) is 0.417. The Kier molecular flexibility index (Phi) is 4.33. The fourth-order valence-corrected chi connectivity index (χ4v) is 2.22. The maximum Gasteiger partial charge on any atom is 1.00 e. The number of rotatable bonds is 2. The molecule has 0 bridgehead atoms. The van der Waals surface area contributed by atoms with E-state index in [-0.39, 0.29) is 24.4 Å². The number of carbonyl (C=O) groups is 1. The zero-order valence-corrected chi connectivity index (χ0v) is 11.6. The molecule has 0 atom stereocenters. The Balaban J connectivity index is 0.00000147. The van der Waals surface area contributed by atoms with Crippen molar-refractivity contribution in [2.24, 2.45) is 0 Å². The van der Waals surface area contributed by atoms with Crippen LogP contribution in [0.2, 0.25) is 0 Å². The summed E-state index contributed by atoms with van der Waals surface area (Å²) in [5.41, 5.74) is 0.354. The molecule has 1 fully saturated rings. The zero-order chi connectivity index (χ0) is 13.4. The summed E-state index contributed by atoms with van der Waals surface area (Å²) in [6, 6.07) is 1.85. The standard InChI is InChI=1S/C12H15N5O2.Li/c1-15-4-6-16(7-5-15)10-2-3-17-11(14-10)9(8-13-17)12(18)19;/h2-3,8H,4-7H2,1H3,(H,18,19);/q;+1/p-1. The number of fused-ring (bicyclic) bond motifs is 1. The number of anilines is 1. The molecule has 100 valence electrons. The number of carboxylic acids is 1. The van der Waals surface area contributed by atoms with Crippen LogP contribution in [0.5, 0.6) is 0 Å². The minimum atomic E-state index is -1.25. The summed E-state index contributed by atoms with van der Waals surface area (Å²) < 4.78 is 1.45. The third-order valence-corrected chi connectivity index (χ3v) is 3.40. The van der Waals surface area contributed by atoms with Gasteiger partial charge in [-0.05, 0) is 13.1 Å². The molecular weight excluding hydrogens is 253 g/mol. The maximum atomic E-state index is 11.0. The molecular formula is C12H14LiN5O2. The topological polar surface area (TPSA) is 76.8 Å². The van der Waals surface area contributed by atoms with Crippen LogP contribution in [-0.2, 0) is 0 Å². The van der Waals surface area contributed by atoms with E-state index in [2.05, 4.69) is 26.9 Å². The molecule has 1 aliphatic rings. The number of likely N-dealkylation sites (N-methyl/N-ethyl adjacent to an activating group) is 1. The van der Waals surface area contributed by atoms with Gasteiger partial charge in [0, 0.05) is 32.4 Å². The Bertz CT molecular complexity index is 621. The van der Waals surface area contributed by atoms with Gasteiger partial charge in [-0.2, -0.15) is 5.10 Å². The van der Waals surface area contributed by atoms with E-state index in [1.807, 2.05) is 6.07 Å². The van der Waals surface area contributed by atoms with E-state index in [1.165, 1.54) is 10.7 Å². The summed E-state index contributed by atoms with van der Waals surface area (Å²) in [5.74, 6) is -0.471. The van der Waals surface area contributed by atoms with Gasteiger partial charge in [-0.25, -0.2) is 9.50 Å². The number of aromatic carboxylic acids is 1. The second kappa shape index (κ2) is 5.83. The largest absolute Gasteiger partial charge is 1.00 e. The van der Waals surface area contributed by atoms with Crippen molar-refractivity contribution >= 4 is 17.4 Å². The van der Waals surface area contributed by atoms with Gasteiger partial charge in [0.05, 0.1) is 17.7 Å². The average molecular weight is 267 g/mol. The molecule has 1 aliphatic heterocycles. The van der Waals surface area contributed by atoms with Gasteiger partial charge in [-0.1, -0.05) is 0 Å². The SMILES string of the molecule is CN1CCN(c2ccn3ncc(C(=O)[O-])c3n2)CC1.[Li+]. The third kappa shape index (κ3) is 2.66. The number of carbonyl (C=O) groups excluding carboxylic acids is 1. The summed E-state index contributed by atoms with van der Waals surface area (Å²) in [5, 5.41) is 14.9. The van der Waals surface area contributed by atoms with Gasteiger partial charge in [0.2, 0.25) is 0 Å². The van der Waals surface area contributed by atoms with Crippen molar-refractivity contribution in [3.05, 3.63) is 24.0 Å². The van der Waals surface area contributed by atoms with Crippen LogP contribution < -0.4 is 28.9 Å². The number of piperazine rings is 1. The molecule has 3 heterocycles. The molecule has 0 radical (unpaired) electrons. The predicted octanol–water partition coefficient (Wildman–Crippen LogP) is -4.15. The van der Waals surface area contributed by atoms with E-state index >= 15 is 0 Å². The molecule has 1 saturated heterocycles. The Morgan fingerprint density at radius 3 is 2.65 bits per heavy atom. The maximum absolute atomic E-state index is 11.0. The van der Waals surface area contributed by atoms with Gasteiger partial charge in [0.15, 0.2) is 5.65 Å². The molecule has 20 heavy (non-hydrogen) atoms. The first kappa shape index (κ1) is 14.8. The Hall–Kier alpha value is -1.55. The van der Waals surface area contributed by atoms with Crippen molar-refractivity contribution in [1.82, 2.24) is 19.5 Å². The summed E-state index contributed by atoms with van der Waals surface area (Å²) >= 11 is 0. The summed E-state index contributed by atoms with van der Waals surface area (Å²) in [6.45, 7) is 3.71. The Morgan fingerprint density at radius 1 is 1.30 bits per heavy atom. The minimum Gasteiger partial charge on any atom is -0.545 e. The summed E-state index contributed by atoms with van der Waals surface area (Å²) in [6.07, 6.45) is 2.99. The molecule has 2 aromatic heterocycles. The van der Waals surface area contributed by atoms with Crippen LogP contribution in [0.4, 0.5) is 5.82 Å². The van der Waals surface area contributed by atoms with Crippen LogP contribution in [0, 0.1) is 0 Å². The van der Waals surface area contributed by atoms with E-state index in [9.17, 15) is 9.90 Å². The van der Waals surface area contributed by atoms with Crippen molar-refractivity contribution in [3.63, 3.8) is 0 Å². The fourth-order valence-electron chi connectivity index (χ4n) is 2.22. The smallest absolute Gasteiger partial charge is 0.545 e. The molecule has 0 N–H and O–H groups in total. The number of hydrogen-bond acceptors (Lipinski definition) is 6. The van der Waals surface area contributed by atoms with Crippen LogP contribution in [0.15, 0.2) is 18.5 Å². The van der Waals surface area contributed by atoms with Gasteiger partial charge in [-0.15, -0.1) is 0 Å². The van der Waals surface area contributed by atoms with Crippen LogP contribution in [0.1, 0.15) is 10.4 Å². The molecule has 7 nitrogen and oxygen atoms in total. The number of hydrogen-bond donors (Lipinski definition) is 0. The molecule has 3 rings (SSSR count). The van der Waals surface area contributed by atoms with Gasteiger partial charge < -0.3 is 19.7 Å². The molecule has 0 aliphatic carbocycles. The number of carboxylic acid groups (broad SMARTS) is 1. The molecule has 0 unspecified atom stereocenters. The molecule has 2 aromatic rings. The number of aromatic nitrogens is 3. The second-order valence-electron chi connectivity index (χ2n) is 4.69. The third-order valence-electron chi connectivity index (χ3n) is 3.40. The van der Waals surface area contributed by atoms with Crippen LogP contribution in [0.25, 0.3) is 5.65 Å². The number of nitrogens with zero attached hydrogens (tertiary/aromatic N) is 5. The minimum absolute atomic E-state index is 0. The summed E-state index contributed by atoms with van der Waals surface area (Å²) in [7, 11) is 2.08. The van der Waals surface area contributed by atoms with Gasteiger partial charge in [0.1, 0.15) is 5.82 Å². The Labute approximate surface area is 128 Å². The van der Waals surface area contributed by atoms with Crippen molar-refractivity contribution in [1.29, 1.82) is 0 Å². The first-order valence-electron chi connectivity index (χ1n) is 6.14. The van der Waals surface area contributed by atoms with Crippen molar-refractivity contribution < 1.29 is 28.8 Å². The van der Waals surface area contributed by atoms with Crippen LogP contribution >= 0.6 is 0 Å². The average Bonchev–Trinajstić information content (AvgIpc) is 2.82. The van der Waals surface area contributed by atoms with Crippen molar-refractivity contribution in [2.75, 3.05) is 38.1 Å².